The summed E-state index contributed by atoms with van der Waals surface area (Å²) in [7, 11) is 0. The Morgan fingerprint density at radius 1 is 1.00 bits per heavy atom. The van der Waals surface area contributed by atoms with Gasteiger partial charge in [-0.15, -0.1) is 0 Å². The predicted molar refractivity (Wildman–Crippen MR) is 80.6 cm³/mol. The van der Waals surface area contributed by atoms with Crippen LogP contribution >= 0.6 is 0 Å². The van der Waals surface area contributed by atoms with Gasteiger partial charge in [-0.1, -0.05) is 13.3 Å². The van der Waals surface area contributed by atoms with Crippen molar-refractivity contribution in [1.82, 2.24) is 0 Å². The first-order chi connectivity index (χ1) is 9.69. The molecule has 0 unspecified atom stereocenters. The summed E-state index contributed by atoms with van der Waals surface area (Å²) in [6.07, 6.45) is 12.9. The van der Waals surface area contributed by atoms with Gasteiger partial charge in [-0.05, 0) is 69.1 Å². The molecule has 0 saturated heterocycles. The summed E-state index contributed by atoms with van der Waals surface area (Å²) in [6.45, 7) is 2.95. The van der Waals surface area contributed by atoms with Gasteiger partial charge in [0.1, 0.15) is 5.78 Å². The van der Waals surface area contributed by atoms with Gasteiger partial charge in [-0.2, -0.15) is 0 Å². The summed E-state index contributed by atoms with van der Waals surface area (Å²) in [5, 5.41) is 0. The van der Waals surface area contributed by atoms with Crippen LogP contribution in [0.4, 0.5) is 0 Å². The molecule has 4 fully saturated rings. The summed E-state index contributed by atoms with van der Waals surface area (Å²) in [6, 6.07) is 0. The molecule has 0 aliphatic heterocycles. The van der Waals surface area contributed by atoms with Crippen LogP contribution in [0.25, 0.3) is 0 Å². The summed E-state index contributed by atoms with van der Waals surface area (Å²) >= 11 is 0. The van der Waals surface area contributed by atoms with Crippen molar-refractivity contribution in [3.63, 3.8) is 0 Å². The lowest BCUT2D eigenvalue weighted by Gasteiger charge is -2.56. The van der Waals surface area contributed by atoms with Crippen LogP contribution in [0.5, 0.6) is 0 Å². The zero-order valence-corrected chi connectivity index (χ0v) is 13.0. The number of unbranched alkanes of at least 4 members (excludes halogenated alkanes) is 1. The number of ketones is 1. The molecule has 114 valence electrons. The fourth-order valence-corrected chi connectivity index (χ4v) is 5.26. The van der Waals surface area contributed by atoms with Crippen LogP contribution < -0.4 is 0 Å². The van der Waals surface area contributed by atoms with Crippen molar-refractivity contribution in [2.45, 2.75) is 83.2 Å². The van der Waals surface area contributed by atoms with Gasteiger partial charge < -0.3 is 4.74 Å². The first-order valence-corrected chi connectivity index (χ1v) is 8.85. The van der Waals surface area contributed by atoms with E-state index in [1.54, 1.807) is 0 Å². The number of hydrogen-bond acceptors (Lipinski definition) is 2. The minimum Gasteiger partial charge on any atom is -0.375 e. The van der Waals surface area contributed by atoms with Gasteiger partial charge in [0.05, 0.1) is 5.60 Å². The largest absolute Gasteiger partial charge is 0.375 e. The smallest absolute Gasteiger partial charge is 0.132 e. The Balaban J connectivity index is 1.39. The SMILES string of the molecule is CCCCC(=O)CCCOC12CC3CC(CC(C3)C1)C2. The van der Waals surface area contributed by atoms with E-state index in [1.165, 1.54) is 38.5 Å². The number of Topliss-reactive ketones (excluding diaryl/α,β-unsaturated/α-hetero) is 1. The molecule has 0 heterocycles. The van der Waals surface area contributed by atoms with E-state index < -0.39 is 0 Å². The lowest BCUT2D eigenvalue weighted by Crippen LogP contribution is -2.52. The number of ether oxygens (including phenoxy) is 1. The summed E-state index contributed by atoms with van der Waals surface area (Å²) in [4.78, 5) is 11.7. The average molecular weight is 278 g/mol. The van der Waals surface area contributed by atoms with E-state index >= 15 is 0 Å². The molecule has 4 aliphatic rings. The maximum Gasteiger partial charge on any atom is 0.132 e. The quantitative estimate of drug-likeness (QED) is 0.611. The molecule has 4 bridgehead atoms. The second-order valence-electron chi connectivity index (χ2n) is 7.69. The van der Waals surface area contributed by atoms with E-state index in [-0.39, 0.29) is 5.60 Å². The van der Waals surface area contributed by atoms with Gasteiger partial charge in [0.2, 0.25) is 0 Å². The minimum atomic E-state index is 0.223. The second-order valence-corrected chi connectivity index (χ2v) is 7.69. The van der Waals surface area contributed by atoms with Crippen LogP contribution in [0.1, 0.15) is 77.6 Å². The monoisotopic (exact) mass is 278 g/mol. The zero-order valence-electron chi connectivity index (χ0n) is 13.0. The summed E-state index contributed by atoms with van der Waals surface area (Å²) in [5.74, 6) is 3.29. The van der Waals surface area contributed by atoms with Crippen LogP contribution in [-0.4, -0.2) is 18.0 Å². The maximum absolute atomic E-state index is 11.7. The van der Waals surface area contributed by atoms with E-state index in [4.69, 9.17) is 4.74 Å². The molecule has 0 amide bonds. The number of hydrogen-bond donors (Lipinski definition) is 0. The minimum absolute atomic E-state index is 0.223. The van der Waals surface area contributed by atoms with Crippen molar-refractivity contribution in [2.75, 3.05) is 6.61 Å². The van der Waals surface area contributed by atoms with Crippen molar-refractivity contribution in [3.8, 4) is 0 Å². The van der Waals surface area contributed by atoms with E-state index in [9.17, 15) is 4.79 Å². The zero-order chi connectivity index (χ0) is 14.0. The van der Waals surface area contributed by atoms with Crippen molar-refractivity contribution >= 4 is 5.78 Å². The molecule has 0 spiro atoms. The van der Waals surface area contributed by atoms with Gasteiger partial charge in [0.25, 0.3) is 0 Å². The lowest BCUT2D eigenvalue weighted by atomic mass is 9.54. The van der Waals surface area contributed by atoms with Gasteiger partial charge in [-0.3, -0.25) is 4.79 Å². The van der Waals surface area contributed by atoms with Gasteiger partial charge >= 0.3 is 0 Å². The van der Waals surface area contributed by atoms with Crippen LogP contribution in [-0.2, 0) is 9.53 Å². The third kappa shape index (κ3) is 3.27. The lowest BCUT2D eigenvalue weighted by molar-refractivity contribution is -0.163. The molecular weight excluding hydrogens is 248 g/mol. The molecule has 2 nitrogen and oxygen atoms in total. The summed E-state index contributed by atoms with van der Waals surface area (Å²) < 4.78 is 6.34. The van der Waals surface area contributed by atoms with E-state index in [0.29, 0.717) is 5.78 Å². The average Bonchev–Trinajstić information content (AvgIpc) is 2.40. The van der Waals surface area contributed by atoms with Gasteiger partial charge in [-0.25, -0.2) is 0 Å². The Morgan fingerprint density at radius 2 is 1.55 bits per heavy atom. The molecule has 4 saturated carbocycles. The molecule has 0 aromatic heterocycles. The molecule has 0 N–H and O–H groups in total. The highest BCUT2D eigenvalue weighted by atomic mass is 16.5. The Labute approximate surface area is 123 Å². The highest BCUT2D eigenvalue weighted by Crippen LogP contribution is 2.57. The fourth-order valence-electron chi connectivity index (χ4n) is 5.26. The van der Waals surface area contributed by atoms with Crippen molar-refractivity contribution in [1.29, 1.82) is 0 Å². The predicted octanol–water partition coefficient (Wildman–Crippen LogP) is 4.51. The molecule has 20 heavy (non-hydrogen) atoms. The fraction of sp³-hybridized carbons (Fsp3) is 0.944. The molecule has 0 aromatic carbocycles. The molecule has 4 aliphatic carbocycles. The van der Waals surface area contributed by atoms with Crippen molar-refractivity contribution in [2.24, 2.45) is 17.8 Å². The van der Waals surface area contributed by atoms with E-state index in [0.717, 1.165) is 56.5 Å². The number of rotatable bonds is 8. The van der Waals surface area contributed by atoms with Crippen LogP contribution in [0.15, 0.2) is 0 Å². The Kier molecular flexibility index (Phi) is 4.49. The van der Waals surface area contributed by atoms with E-state index in [1.807, 2.05) is 0 Å². The van der Waals surface area contributed by atoms with Crippen molar-refractivity contribution < 1.29 is 9.53 Å². The molecule has 4 rings (SSSR count). The molecular formula is C18H30O2. The van der Waals surface area contributed by atoms with Crippen LogP contribution in [0, 0.1) is 17.8 Å². The number of carbonyl (C=O) groups excluding carboxylic acids is 1. The van der Waals surface area contributed by atoms with Gasteiger partial charge in [0, 0.05) is 19.4 Å². The standard InChI is InChI=1S/C18H30O2/c1-2-3-5-17(19)6-4-7-20-18-11-14-8-15(12-18)10-16(9-14)13-18/h14-16H,2-13H2,1H3. The topological polar surface area (TPSA) is 26.3 Å². The first kappa shape index (κ1) is 14.6. The highest BCUT2D eigenvalue weighted by Gasteiger charge is 2.51. The highest BCUT2D eigenvalue weighted by molar-refractivity contribution is 5.78. The Bertz CT molecular complexity index is 312. The van der Waals surface area contributed by atoms with Crippen molar-refractivity contribution in [3.05, 3.63) is 0 Å². The third-order valence-corrected chi connectivity index (χ3v) is 5.80. The van der Waals surface area contributed by atoms with Gasteiger partial charge in [0.15, 0.2) is 0 Å². The second kappa shape index (κ2) is 6.17. The number of carbonyl (C=O) groups is 1. The normalized spacial score (nSPS) is 38.4. The van der Waals surface area contributed by atoms with Crippen LogP contribution in [0.3, 0.4) is 0 Å². The maximum atomic E-state index is 11.7. The van der Waals surface area contributed by atoms with Crippen LogP contribution in [0.2, 0.25) is 0 Å². The molecule has 0 atom stereocenters. The summed E-state index contributed by atoms with van der Waals surface area (Å²) in [5.41, 5.74) is 0.223. The van der Waals surface area contributed by atoms with E-state index in [2.05, 4.69) is 6.92 Å². The molecule has 2 heteroatoms. The Morgan fingerprint density at radius 3 is 2.10 bits per heavy atom. The third-order valence-electron chi connectivity index (χ3n) is 5.80. The molecule has 0 aromatic rings. The molecule has 0 radical (unpaired) electrons. The Hall–Kier alpha value is -0.370. The first-order valence-electron chi connectivity index (χ1n) is 8.85.